The summed E-state index contributed by atoms with van der Waals surface area (Å²) in [5, 5.41) is 0.371. The Morgan fingerprint density at radius 1 is 0.975 bits per heavy atom. The highest BCUT2D eigenvalue weighted by Crippen LogP contribution is 2.37. The molecule has 1 aliphatic rings. The number of nitrogens with zero attached hydrogens (tertiary/aromatic N) is 2. The van der Waals surface area contributed by atoms with Crippen LogP contribution in [0.5, 0.6) is 23.0 Å². The molecule has 1 atom stereocenters. The summed E-state index contributed by atoms with van der Waals surface area (Å²) in [6.07, 6.45) is 3.17. The molecule has 9 nitrogen and oxygen atoms in total. The highest BCUT2D eigenvalue weighted by Gasteiger charge is 2.31. The van der Waals surface area contributed by atoms with Crippen molar-refractivity contribution >= 4 is 35.0 Å². The number of hydrogen-bond acceptors (Lipinski definition) is 9. The van der Waals surface area contributed by atoms with Gasteiger partial charge < -0.3 is 23.7 Å². The van der Waals surface area contributed by atoms with Gasteiger partial charge in [-0.2, -0.15) is 0 Å². The molecule has 0 spiro atoms. The van der Waals surface area contributed by atoms with Gasteiger partial charge in [0.15, 0.2) is 27.8 Å². The first-order valence-corrected chi connectivity index (χ1v) is 14.1. The minimum Gasteiger partial charge on any atom is -0.490 e. The molecule has 40 heavy (non-hydrogen) atoms. The predicted molar refractivity (Wildman–Crippen MR) is 154 cm³/mol. The van der Waals surface area contributed by atoms with Gasteiger partial charge in [0.05, 0.1) is 54.7 Å². The molecule has 212 valence electrons. The standard InChI is InChI=1S/C29H31ClN2O7S/c1-6-36-21-11-10-18(15-22(21)37-7-2)25-19(28(34)35-5)16-31-29-32(25)27(33)24(40-29)14-17-12-20(30)26(39-9-4)23(13-17)38-8-3/h10-16,25H,6-9H2,1-5H3/b24-14-/t25-/m1/s1. The minimum atomic E-state index is -0.788. The molecule has 1 aliphatic heterocycles. The molecule has 0 amide bonds. The van der Waals surface area contributed by atoms with E-state index in [4.69, 9.17) is 35.3 Å². The van der Waals surface area contributed by atoms with Gasteiger partial charge in [-0.25, -0.2) is 9.79 Å². The van der Waals surface area contributed by atoms with E-state index in [0.29, 0.717) is 74.9 Å². The molecular weight excluding hydrogens is 556 g/mol. The number of methoxy groups -OCH3 is 1. The second kappa shape index (κ2) is 13.1. The topological polar surface area (TPSA) is 97.6 Å². The molecule has 3 aromatic rings. The SMILES string of the molecule is CCOc1ccc([C@@H]2C(C(=O)OC)=CN=c3s/c(=C\c4cc(Cl)c(OCC)c(OCC)c4)c(=O)n32)cc1OCC. The van der Waals surface area contributed by atoms with Gasteiger partial charge in [0.25, 0.3) is 5.56 Å². The van der Waals surface area contributed by atoms with Crippen molar-refractivity contribution in [3.8, 4) is 23.0 Å². The van der Waals surface area contributed by atoms with Gasteiger partial charge in [0, 0.05) is 6.20 Å². The Morgan fingerprint density at radius 3 is 2.33 bits per heavy atom. The average molecular weight is 587 g/mol. The molecule has 2 aromatic carbocycles. The van der Waals surface area contributed by atoms with Crippen LogP contribution in [-0.2, 0) is 9.53 Å². The Balaban J connectivity index is 1.89. The van der Waals surface area contributed by atoms with E-state index in [2.05, 4.69) is 4.99 Å². The summed E-state index contributed by atoms with van der Waals surface area (Å²) in [7, 11) is 1.29. The molecule has 0 radical (unpaired) electrons. The zero-order valence-electron chi connectivity index (χ0n) is 23.0. The number of carbonyl (C=O) groups is 1. The highest BCUT2D eigenvalue weighted by atomic mass is 35.5. The fourth-order valence-electron chi connectivity index (χ4n) is 4.36. The van der Waals surface area contributed by atoms with E-state index in [9.17, 15) is 9.59 Å². The first-order valence-electron chi connectivity index (χ1n) is 12.9. The normalized spacial score (nSPS) is 14.6. The molecular formula is C29H31ClN2O7S. The van der Waals surface area contributed by atoms with Crippen LogP contribution in [0.1, 0.15) is 44.9 Å². The molecule has 2 heterocycles. The zero-order chi connectivity index (χ0) is 28.8. The molecule has 0 saturated heterocycles. The number of rotatable bonds is 11. The van der Waals surface area contributed by atoms with Gasteiger partial charge in [-0.15, -0.1) is 0 Å². The van der Waals surface area contributed by atoms with Crippen molar-refractivity contribution in [2.24, 2.45) is 4.99 Å². The van der Waals surface area contributed by atoms with Crippen LogP contribution in [0.25, 0.3) is 6.08 Å². The molecule has 0 N–H and O–H groups in total. The Morgan fingerprint density at radius 2 is 1.65 bits per heavy atom. The number of carbonyl (C=O) groups excluding carboxylic acids is 1. The lowest BCUT2D eigenvalue weighted by Crippen LogP contribution is -2.39. The number of hydrogen-bond donors (Lipinski definition) is 0. The van der Waals surface area contributed by atoms with Gasteiger partial charge >= 0.3 is 5.97 Å². The molecule has 4 rings (SSSR count). The first kappa shape index (κ1) is 29.2. The fraction of sp³-hybridized carbons (Fsp3) is 0.345. The Hall–Kier alpha value is -3.76. The van der Waals surface area contributed by atoms with E-state index < -0.39 is 12.0 Å². The fourth-order valence-corrected chi connectivity index (χ4v) is 5.60. The second-order valence-electron chi connectivity index (χ2n) is 8.44. The van der Waals surface area contributed by atoms with Crippen molar-refractivity contribution in [2.75, 3.05) is 33.5 Å². The van der Waals surface area contributed by atoms with Crippen LogP contribution >= 0.6 is 22.9 Å². The average Bonchev–Trinajstić information content (AvgIpc) is 3.25. The minimum absolute atomic E-state index is 0.218. The molecule has 0 unspecified atom stereocenters. The summed E-state index contributed by atoms with van der Waals surface area (Å²) in [6.45, 7) is 9.21. The summed E-state index contributed by atoms with van der Waals surface area (Å²) < 4.78 is 29.8. The maximum absolute atomic E-state index is 13.9. The van der Waals surface area contributed by atoms with Gasteiger partial charge in [0.2, 0.25) is 0 Å². The maximum Gasteiger partial charge on any atom is 0.337 e. The quantitative estimate of drug-likeness (QED) is 0.310. The second-order valence-corrected chi connectivity index (χ2v) is 9.86. The van der Waals surface area contributed by atoms with E-state index in [1.807, 2.05) is 27.7 Å². The molecule has 0 fully saturated rings. The number of fused-ring (bicyclic) bond motifs is 1. The van der Waals surface area contributed by atoms with Crippen LogP contribution in [0.4, 0.5) is 0 Å². The van der Waals surface area contributed by atoms with E-state index >= 15 is 0 Å². The lowest BCUT2D eigenvalue weighted by Gasteiger charge is -2.23. The monoisotopic (exact) mass is 586 g/mol. The summed E-state index contributed by atoms with van der Waals surface area (Å²) >= 11 is 7.70. The van der Waals surface area contributed by atoms with E-state index in [1.165, 1.54) is 29.2 Å². The Kier molecular flexibility index (Phi) is 9.54. The summed E-state index contributed by atoms with van der Waals surface area (Å²) in [5.74, 6) is 1.43. The third-order valence-electron chi connectivity index (χ3n) is 5.93. The number of benzene rings is 2. The molecule has 1 aromatic heterocycles. The van der Waals surface area contributed by atoms with Crippen LogP contribution in [0.2, 0.25) is 5.02 Å². The Bertz CT molecular complexity index is 1610. The van der Waals surface area contributed by atoms with Crippen molar-refractivity contribution in [3.63, 3.8) is 0 Å². The number of thiazole rings is 1. The Labute approximate surface area is 240 Å². The largest absolute Gasteiger partial charge is 0.490 e. The van der Waals surface area contributed by atoms with Crippen molar-refractivity contribution in [3.05, 3.63) is 77.9 Å². The van der Waals surface area contributed by atoms with Gasteiger partial charge in [0.1, 0.15) is 0 Å². The molecule has 11 heteroatoms. The van der Waals surface area contributed by atoms with Gasteiger partial charge in [-0.3, -0.25) is 9.36 Å². The highest BCUT2D eigenvalue weighted by molar-refractivity contribution is 7.07. The molecule has 0 saturated carbocycles. The van der Waals surface area contributed by atoms with Crippen LogP contribution in [0.3, 0.4) is 0 Å². The van der Waals surface area contributed by atoms with Crippen LogP contribution in [-0.4, -0.2) is 44.1 Å². The van der Waals surface area contributed by atoms with Crippen molar-refractivity contribution in [2.45, 2.75) is 33.7 Å². The van der Waals surface area contributed by atoms with Crippen molar-refractivity contribution in [1.82, 2.24) is 4.57 Å². The number of halogens is 1. The predicted octanol–water partition coefficient (Wildman–Crippen LogP) is 4.27. The molecule has 0 aliphatic carbocycles. The maximum atomic E-state index is 13.9. The summed E-state index contributed by atoms with van der Waals surface area (Å²) in [6, 6.07) is 8.05. The smallest absolute Gasteiger partial charge is 0.337 e. The van der Waals surface area contributed by atoms with Crippen LogP contribution in [0, 0.1) is 0 Å². The van der Waals surface area contributed by atoms with Crippen molar-refractivity contribution < 1.29 is 28.5 Å². The summed E-state index contributed by atoms with van der Waals surface area (Å²) in [5.41, 5.74) is 1.20. The number of esters is 1. The first-order chi connectivity index (χ1) is 19.4. The zero-order valence-corrected chi connectivity index (χ0v) is 24.6. The van der Waals surface area contributed by atoms with Crippen LogP contribution < -0.4 is 33.8 Å². The van der Waals surface area contributed by atoms with Crippen molar-refractivity contribution in [1.29, 1.82) is 0 Å². The lowest BCUT2D eigenvalue weighted by molar-refractivity contribution is -0.136. The third-order valence-corrected chi connectivity index (χ3v) is 7.20. The van der Waals surface area contributed by atoms with E-state index in [0.717, 1.165) is 0 Å². The summed E-state index contributed by atoms with van der Waals surface area (Å²) in [4.78, 5) is 31.5. The lowest BCUT2D eigenvalue weighted by atomic mass is 9.97. The van der Waals surface area contributed by atoms with Gasteiger partial charge in [-0.05, 0) is 69.2 Å². The van der Waals surface area contributed by atoms with Crippen LogP contribution in [0.15, 0.2) is 51.9 Å². The number of ether oxygens (including phenoxy) is 5. The number of aromatic nitrogens is 1. The van der Waals surface area contributed by atoms with Gasteiger partial charge in [-0.1, -0.05) is 29.0 Å². The molecule has 0 bridgehead atoms. The van der Waals surface area contributed by atoms with E-state index in [1.54, 1.807) is 36.4 Å². The van der Waals surface area contributed by atoms with E-state index in [-0.39, 0.29) is 11.1 Å². The third kappa shape index (κ3) is 5.88.